The van der Waals surface area contributed by atoms with Crippen molar-refractivity contribution in [2.75, 3.05) is 4.90 Å². The summed E-state index contributed by atoms with van der Waals surface area (Å²) in [5.74, 6) is -1.60. The van der Waals surface area contributed by atoms with Gasteiger partial charge >= 0.3 is 0 Å². The van der Waals surface area contributed by atoms with Gasteiger partial charge in [-0.1, -0.05) is 18.2 Å². The molecule has 1 unspecified atom stereocenters. The molecule has 180 valence electrons. The molecule has 5 nitrogen and oxygen atoms in total. The van der Waals surface area contributed by atoms with Crippen LogP contribution < -0.4 is 9.64 Å². The summed E-state index contributed by atoms with van der Waals surface area (Å²) >= 11 is 0. The Morgan fingerprint density at radius 2 is 1.60 bits per heavy atom. The van der Waals surface area contributed by atoms with Gasteiger partial charge in [-0.15, -0.1) is 0 Å². The number of nitrogens with zero attached hydrogens (tertiary/aromatic N) is 1. The van der Waals surface area contributed by atoms with E-state index in [1.807, 2.05) is 46.8 Å². The number of ether oxygens (including phenoxy) is 1. The molecule has 4 rings (SSSR count). The van der Waals surface area contributed by atoms with Gasteiger partial charge in [-0.3, -0.25) is 14.5 Å². The average molecular weight is 474 g/mol. The molecule has 1 fully saturated rings. The summed E-state index contributed by atoms with van der Waals surface area (Å²) in [6.45, 7) is 9.57. The second-order valence-electron chi connectivity index (χ2n) is 9.14. The Labute approximate surface area is 204 Å². The number of hydrogen-bond donors (Lipinski definition) is 1. The van der Waals surface area contributed by atoms with Crippen molar-refractivity contribution in [3.05, 3.63) is 99.9 Å². The van der Waals surface area contributed by atoms with Crippen LogP contribution in [0, 0.1) is 26.6 Å². The minimum absolute atomic E-state index is 0.0186. The van der Waals surface area contributed by atoms with Crippen molar-refractivity contribution >= 4 is 23.1 Å². The first kappa shape index (κ1) is 24.2. The largest absolute Gasteiger partial charge is 0.507 e. The fourth-order valence-electron chi connectivity index (χ4n) is 4.27. The van der Waals surface area contributed by atoms with Crippen molar-refractivity contribution < 1.29 is 23.8 Å². The molecule has 0 aromatic heterocycles. The van der Waals surface area contributed by atoms with Crippen LogP contribution in [0.5, 0.6) is 5.75 Å². The summed E-state index contributed by atoms with van der Waals surface area (Å²) in [7, 11) is 0. The van der Waals surface area contributed by atoms with E-state index in [1.54, 1.807) is 24.3 Å². The number of amides is 1. The van der Waals surface area contributed by atoms with Crippen LogP contribution in [0.25, 0.3) is 5.76 Å². The molecule has 1 N–H and O–H groups in total. The van der Waals surface area contributed by atoms with Crippen LogP contribution in [-0.2, 0) is 9.59 Å². The fourth-order valence-corrected chi connectivity index (χ4v) is 4.27. The second-order valence-corrected chi connectivity index (χ2v) is 9.14. The maximum atomic E-state index is 13.7. The van der Waals surface area contributed by atoms with Gasteiger partial charge in [0.05, 0.1) is 17.7 Å². The van der Waals surface area contributed by atoms with Gasteiger partial charge < -0.3 is 9.84 Å². The van der Waals surface area contributed by atoms with E-state index in [4.69, 9.17) is 4.74 Å². The number of ketones is 1. The van der Waals surface area contributed by atoms with E-state index in [0.717, 1.165) is 16.7 Å². The van der Waals surface area contributed by atoms with E-state index in [0.29, 0.717) is 22.6 Å². The van der Waals surface area contributed by atoms with Crippen LogP contribution in [0.2, 0.25) is 0 Å². The highest BCUT2D eigenvalue weighted by atomic mass is 19.1. The van der Waals surface area contributed by atoms with Crippen LogP contribution >= 0.6 is 0 Å². The van der Waals surface area contributed by atoms with Crippen molar-refractivity contribution in [1.29, 1.82) is 0 Å². The molecule has 0 bridgehead atoms. The molecule has 0 aliphatic carbocycles. The standard InChI is InChI=1S/C29H28FNO4/c1-16(2)35-24-13-9-21(14-19(24)5)27(32)25-26(20-7-10-22(30)11-8-20)31(29(34)28(25)33)23-12-6-17(3)18(4)15-23/h6-16,26,32H,1-5H3/b27-25+. The van der Waals surface area contributed by atoms with E-state index < -0.39 is 23.5 Å². The predicted molar refractivity (Wildman–Crippen MR) is 134 cm³/mol. The topological polar surface area (TPSA) is 66.8 Å². The van der Waals surface area contributed by atoms with Crippen LogP contribution in [0.1, 0.15) is 47.7 Å². The van der Waals surface area contributed by atoms with Crippen LogP contribution in [0.4, 0.5) is 10.1 Å². The number of anilines is 1. The highest BCUT2D eigenvalue weighted by Gasteiger charge is 2.47. The number of benzene rings is 3. The average Bonchev–Trinajstić information content (AvgIpc) is 3.07. The van der Waals surface area contributed by atoms with Crippen molar-refractivity contribution in [1.82, 2.24) is 0 Å². The summed E-state index contributed by atoms with van der Waals surface area (Å²) in [5, 5.41) is 11.3. The lowest BCUT2D eigenvalue weighted by atomic mass is 9.94. The van der Waals surface area contributed by atoms with Crippen molar-refractivity contribution in [3.8, 4) is 5.75 Å². The van der Waals surface area contributed by atoms with Gasteiger partial charge in [0, 0.05) is 11.3 Å². The van der Waals surface area contributed by atoms with Gasteiger partial charge in [0.15, 0.2) is 0 Å². The quantitative estimate of drug-likeness (QED) is 0.274. The Kier molecular flexibility index (Phi) is 6.48. The van der Waals surface area contributed by atoms with E-state index in [-0.39, 0.29) is 17.4 Å². The first-order chi connectivity index (χ1) is 16.6. The number of aryl methyl sites for hydroxylation is 3. The molecule has 6 heteroatoms. The summed E-state index contributed by atoms with van der Waals surface area (Å²) in [6, 6.07) is 15.3. The number of Topliss-reactive ketones (excluding diaryl/α,β-unsaturated/α-hetero) is 1. The zero-order valence-electron chi connectivity index (χ0n) is 20.4. The Hall–Kier alpha value is -3.93. The van der Waals surface area contributed by atoms with Gasteiger partial charge in [-0.25, -0.2) is 4.39 Å². The van der Waals surface area contributed by atoms with Crippen LogP contribution in [0.3, 0.4) is 0 Å². The molecule has 1 atom stereocenters. The number of carbonyl (C=O) groups is 2. The zero-order valence-corrected chi connectivity index (χ0v) is 20.4. The Balaban J connectivity index is 1.90. The number of aliphatic hydroxyl groups is 1. The molecule has 1 aliphatic rings. The lowest BCUT2D eigenvalue weighted by Gasteiger charge is -2.26. The Morgan fingerprint density at radius 1 is 0.914 bits per heavy atom. The molecular weight excluding hydrogens is 445 g/mol. The smallest absolute Gasteiger partial charge is 0.300 e. The van der Waals surface area contributed by atoms with E-state index in [2.05, 4.69) is 0 Å². The van der Waals surface area contributed by atoms with E-state index >= 15 is 0 Å². The number of hydrogen-bond acceptors (Lipinski definition) is 4. The van der Waals surface area contributed by atoms with Gasteiger partial charge in [-0.2, -0.15) is 0 Å². The normalized spacial score (nSPS) is 17.3. The minimum atomic E-state index is -0.912. The summed E-state index contributed by atoms with van der Waals surface area (Å²) in [5.41, 5.74) is 4.17. The number of rotatable bonds is 5. The molecular formula is C29H28FNO4. The number of carbonyl (C=O) groups excluding carboxylic acids is 2. The maximum Gasteiger partial charge on any atom is 0.300 e. The third-order valence-electron chi connectivity index (χ3n) is 6.21. The second kappa shape index (κ2) is 9.37. The monoisotopic (exact) mass is 473 g/mol. The molecule has 0 spiro atoms. The molecule has 35 heavy (non-hydrogen) atoms. The first-order valence-corrected chi connectivity index (χ1v) is 11.5. The van der Waals surface area contributed by atoms with Crippen molar-refractivity contribution in [2.45, 2.75) is 46.8 Å². The third-order valence-corrected chi connectivity index (χ3v) is 6.21. The Bertz CT molecular complexity index is 1340. The van der Waals surface area contributed by atoms with Gasteiger partial charge in [-0.05, 0) is 99.3 Å². The number of halogens is 1. The summed E-state index contributed by atoms with van der Waals surface area (Å²) in [6.07, 6.45) is -0.0186. The van der Waals surface area contributed by atoms with E-state index in [9.17, 15) is 19.1 Å². The molecule has 0 radical (unpaired) electrons. The van der Waals surface area contributed by atoms with Gasteiger partial charge in [0.1, 0.15) is 17.3 Å². The summed E-state index contributed by atoms with van der Waals surface area (Å²) in [4.78, 5) is 27.9. The molecule has 1 heterocycles. The molecule has 3 aromatic rings. The lowest BCUT2D eigenvalue weighted by Crippen LogP contribution is -2.29. The van der Waals surface area contributed by atoms with Crippen LogP contribution in [-0.4, -0.2) is 22.9 Å². The molecule has 1 aliphatic heterocycles. The molecule has 3 aromatic carbocycles. The lowest BCUT2D eigenvalue weighted by molar-refractivity contribution is -0.132. The SMILES string of the molecule is Cc1ccc(N2C(=O)C(=O)/C(=C(/O)c3ccc(OC(C)C)c(C)c3)C2c2ccc(F)cc2)cc1C. The Morgan fingerprint density at radius 3 is 2.20 bits per heavy atom. The van der Waals surface area contributed by atoms with Gasteiger partial charge in [0.2, 0.25) is 0 Å². The van der Waals surface area contributed by atoms with Crippen molar-refractivity contribution in [2.24, 2.45) is 0 Å². The maximum absolute atomic E-state index is 13.7. The highest BCUT2D eigenvalue weighted by molar-refractivity contribution is 6.51. The summed E-state index contributed by atoms with van der Waals surface area (Å²) < 4.78 is 19.5. The molecule has 1 saturated heterocycles. The van der Waals surface area contributed by atoms with E-state index in [1.165, 1.54) is 29.2 Å². The van der Waals surface area contributed by atoms with Crippen LogP contribution in [0.15, 0.2) is 66.2 Å². The molecule has 0 saturated carbocycles. The zero-order chi connectivity index (χ0) is 25.4. The first-order valence-electron chi connectivity index (χ1n) is 11.5. The van der Waals surface area contributed by atoms with Crippen molar-refractivity contribution in [3.63, 3.8) is 0 Å². The van der Waals surface area contributed by atoms with Gasteiger partial charge in [0.25, 0.3) is 11.7 Å². The minimum Gasteiger partial charge on any atom is -0.507 e. The predicted octanol–water partition coefficient (Wildman–Crippen LogP) is 6.16. The fraction of sp³-hybridized carbons (Fsp3) is 0.241. The highest BCUT2D eigenvalue weighted by Crippen LogP contribution is 2.42. The third kappa shape index (κ3) is 4.56. The molecule has 1 amide bonds. The number of aliphatic hydroxyl groups excluding tert-OH is 1.